The van der Waals surface area contributed by atoms with E-state index in [0.717, 1.165) is 24.0 Å². The van der Waals surface area contributed by atoms with E-state index < -0.39 is 0 Å². The number of nitrogens with zero attached hydrogens (tertiary/aromatic N) is 1. The first-order chi connectivity index (χ1) is 10.8. The van der Waals surface area contributed by atoms with Gasteiger partial charge in [0.05, 0.1) is 12.8 Å². The van der Waals surface area contributed by atoms with E-state index in [0.29, 0.717) is 24.7 Å². The molecule has 0 amide bonds. The van der Waals surface area contributed by atoms with Gasteiger partial charge in [0.25, 0.3) is 0 Å². The van der Waals surface area contributed by atoms with Gasteiger partial charge in [-0.15, -0.1) is 24.0 Å². The van der Waals surface area contributed by atoms with E-state index in [1.807, 2.05) is 31.2 Å². The lowest BCUT2D eigenvalue weighted by Gasteiger charge is -2.11. The molecule has 5 nitrogen and oxygen atoms in total. The number of hydrogen-bond donors (Lipinski definition) is 2. The molecule has 0 radical (unpaired) electrons. The molecule has 1 heterocycles. The van der Waals surface area contributed by atoms with Crippen LogP contribution in [-0.4, -0.2) is 25.7 Å². The van der Waals surface area contributed by atoms with Crippen LogP contribution in [0.3, 0.4) is 0 Å². The van der Waals surface area contributed by atoms with Gasteiger partial charge in [-0.3, -0.25) is 0 Å². The van der Waals surface area contributed by atoms with Crippen molar-refractivity contribution in [2.45, 2.75) is 13.5 Å². The molecule has 0 unspecified atom stereocenters. The molecular formula is C16H21ClIN3O2. The van der Waals surface area contributed by atoms with Crippen LogP contribution < -0.4 is 15.4 Å². The highest BCUT2D eigenvalue weighted by atomic mass is 127. The number of guanidine groups is 1. The highest BCUT2D eigenvalue weighted by Gasteiger charge is 1.99. The minimum absolute atomic E-state index is 0. The molecule has 126 valence electrons. The maximum Gasteiger partial charge on any atom is 0.191 e. The lowest BCUT2D eigenvalue weighted by molar-refractivity contribution is 0.322. The fourth-order valence-electron chi connectivity index (χ4n) is 1.77. The summed E-state index contributed by atoms with van der Waals surface area (Å²) in [7, 11) is 0. The molecule has 0 atom stereocenters. The molecule has 0 saturated carbocycles. The van der Waals surface area contributed by atoms with E-state index in [4.69, 9.17) is 20.8 Å². The standard InChI is InChI=1S/C16H20ClN3O2.HI/c1-2-18-16(20-12-15-4-3-10-21-15)19-9-11-22-14-7-5-13(17)6-8-14;/h3-8,10H,2,9,11-12H2,1H3,(H2,18,19,20);1H. The summed E-state index contributed by atoms with van der Waals surface area (Å²) < 4.78 is 10.9. The van der Waals surface area contributed by atoms with Gasteiger partial charge >= 0.3 is 0 Å². The lowest BCUT2D eigenvalue weighted by atomic mass is 10.3. The van der Waals surface area contributed by atoms with Crippen LogP contribution in [0.25, 0.3) is 0 Å². The Labute approximate surface area is 158 Å². The largest absolute Gasteiger partial charge is 0.492 e. The van der Waals surface area contributed by atoms with Crippen LogP contribution in [0.4, 0.5) is 0 Å². The Kier molecular flexibility index (Phi) is 9.54. The molecular weight excluding hydrogens is 429 g/mol. The number of hydrogen-bond acceptors (Lipinski definition) is 3. The predicted molar refractivity (Wildman–Crippen MR) is 104 cm³/mol. The second kappa shape index (κ2) is 11.2. The first kappa shape index (κ1) is 19.6. The van der Waals surface area contributed by atoms with Crippen LogP contribution in [-0.2, 0) is 6.54 Å². The molecule has 2 aromatic rings. The number of aliphatic imine (C=N–C) groups is 1. The number of furan rings is 1. The molecule has 0 aliphatic rings. The van der Waals surface area contributed by atoms with Gasteiger partial charge in [0, 0.05) is 11.6 Å². The third-order valence-electron chi connectivity index (χ3n) is 2.79. The van der Waals surface area contributed by atoms with Gasteiger partial charge in [-0.25, -0.2) is 4.99 Å². The van der Waals surface area contributed by atoms with Gasteiger partial charge in [-0.2, -0.15) is 0 Å². The van der Waals surface area contributed by atoms with Crippen molar-refractivity contribution in [3.05, 3.63) is 53.4 Å². The molecule has 1 aromatic carbocycles. The zero-order valence-electron chi connectivity index (χ0n) is 12.9. The number of halogens is 2. The summed E-state index contributed by atoms with van der Waals surface area (Å²) in [5.74, 6) is 2.36. The van der Waals surface area contributed by atoms with Crippen LogP contribution in [0.5, 0.6) is 5.75 Å². The quantitative estimate of drug-likeness (QED) is 0.293. The van der Waals surface area contributed by atoms with E-state index in [2.05, 4.69) is 15.6 Å². The second-order valence-electron chi connectivity index (χ2n) is 4.50. The Hall–Kier alpha value is -1.41. The zero-order chi connectivity index (χ0) is 15.6. The van der Waals surface area contributed by atoms with Crippen molar-refractivity contribution in [3.63, 3.8) is 0 Å². The van der Waals surface area contributed by atoms with Gasteiger partial charge < -0.3 is 19.8 Å². The molecule has 0 bridgehead atoms. The van der Waals surface area contributed by atoms with Crippen LogP contribution in [0.1, 0.15) is 12.7 Å². The molecule has 0 aliphatic carbocycles. The fraction of sp³-hybridized carbons (Fsp3) is 0.312. The van der Waals surface area contributed by atoms with E-state index in [1.165, 1.54) is 0 Å². The Morgan fingerprint density at radius 2 is 2.00 bits per heavy atom. The van der Waals surface area contributed by atoms with Crippen molar-refractivity contribution in [2.75, 3.05) is 19.7 Å². The van der Waals surface area contributed by atoms with Crippen LogP contribution in [0.15, 0.2) is 52.1 Å². The van der Waals surface area contributed by atoms with Crippen molar-refractivity contribution in [2.24, 2.45) is 4.99 Å². The molecule has 23 heavy (non-hydrogen) atoms. The molecule has 0 aliphatic heterocycles. The van der Waals surface area contributed by atoms with Crippen molar-refractivity contribution >= 4 is 41.5 Å². The third-order valence-corrected chi connectivity index (χ3v) is 3.05. The highest BCUT2D eigenvalue weighted by Crippen LogP contribution is 2.15. The Morgan fingerprint density at radius 1 is 1.22 bits per heavy atom. The predicted octanol–water partition coefficient (Wildman–Crippen LogP) is 3.69. The Bertz CT molecular complexity index is 574. The first-order valence-electron chi connectivity index (χ1n) is 7.21. The zero-order valence-corrected chi connectivity index (χ0v) is 16.0. The topological polar surface area (TPSA) is 58.8 Å². The molecule has 1 aromatic heterocycles. The summed E-state index contributed by atoms with van der Waals surface area (Å²) in [5, 5.41) is 7.09. The van der Waals surface area contributed by atoms with Gasteiger partial charge in [-0.1, -0.05) is 11.6 Å². The molecule has 2 N–H and O–H groups in total. The summed E-state index contributed by atoms with van der Waals surface area (Å²) in [6.07, 6.45) is 1.64. The first-order valence-corrected chi connectivity index (χ1v) is 7.58. The van der Waals surface area contributed by atoms with E-state index in [9.17, 15) is 0 Å². The van der Waals surface area contributed by atoms with Gasteiger partial charge in [0.2, 0.25) is 0 Å². The Morgan fingerprint density at radius 3 is 2.65 bits per heavy atom. The van der Waals surface area contributed by atoms with Crippen LogP contribution in [0, 0.1) is 0 Å². The normalized spacial score (nSPS) is 10.8. The molecule has 0 saturated heterocycles. The maximum absolute atomic E-state index is 5.83. The lowest BCUT2D eigenvalue weighted by Crippen LogP contribution is -2.39. The van der Waals surface area contributed by atoms with E-state index in [1.54, 1.807) is 18.4 Å². The number of benzene rings is 1. The maximum atomic E-state index is 5.83. The third kappa shape index (κ3) is 7.60. The molecule has 0 fully saturated rings. The minimum Gasteiger partial charge on any atom is -0.492 e. The van der Waals surface area contributed by atoms with Gasteiger partial charge in [0.1, 0.15) is 24.7 Å². The average Bonchev–Trinajstić information content (AvgIpc) is 3.04. The minimum atomic E-state index is 0. The van der Waals surface area contributed by atoms with Crippen LogP contribution >= 0.6 is 35.6 Å². The number of nitrogens with one attached hydrogen (secondary N) is 2. The number of ether oxygens (including phenoxy) is 1. The van der Waals surface area contributed by atoms with E-state index >= 15 is 0 Å². The van der Waals surface area contributed by atoms with Gasteiger partial charge in [-0.05, 0) is 43.3 Å². The molecule has 7 heteroatoms. The molecule has 0 spiro atoms. The van der Waals surface area contributed by atoms with Crippen molar-refractivity contribution in [1.82, 2.24) is 10.6 Å². The highest BCUT2D eigenvalue weighted by molar-refractivity contribution is 14.0. The summed E-state index contributed by atoms with van der Waals surface area (Å²) in [6.45, 7) is 4.50. The van der Waals surface area contributed by atoms with E-state index in [-0.39, 0.29) is 24.0 Å². The van der Waals surface area contributed by atoms with Gasteiger partial charge in [0.15, 0.2) is 5.96 Å². The molecule has 2 rings (SSSR count). The second-order valence-corrected chi connectivity index (χ2v) is 4.94. The van der Waals surface area contributed by atoms with Crippen molar-refractivity contribution in [1.29, 1.82) is 0 Å². The fourth-order valence-corrected chi connectivity index (χ4v) is 1.90. The summed E-state index contributed by atoms with van der Waals surface area (Å²) in [4.78, 5) is 4.44. The van der Waals surface area contributed by atoms with Crippen LogP contribution in [0.2, 0.25) is 5.02 Å². The summed E-state index contributed by atoms with van der Waals surface area (Å²) in [5.41, 5.74) is 0. The SMILES string of the molecule is CCNC(=NCc1ccco1)NCCOc1ccc(Cl)cc1.I. The smallest absolute Gasteiger partial charge is 0.191 e. The summed E-state index contributed by atoms with van der Waals surface area (Å²) >= 11 is 5.83. The average molecular weight is 450 g/mol. The van der Waals surface area contributed by atoms with Crippen molar-refractivity contribution < 1.29 is 9.15 Å². The Balaban J connectivity index is 0.00000264. The summed E-state index contributed by atoms with van der Waals surface area (Å²) in [6, 6.07) is 11.1. The monoisotopic (exact) mass is 449 g/mol. The number of rotatable bonds is 7. The van der Waals surface area contributed by atoms with Crippen molar-refractivity contribution in [3.8, 4) is 5.75 Å².